The van der Waals surface area contributed by atoms with E-state index >= 15 is 0 Å². The molecule has 0 atom stereocenters. The lowest BCUT2D eigenvalue weighted by Crippen LogP contribution is -2.16. The molecule has 2 aromatic rings. The Labute approximate surface area is 118 Å². The largest absolute Gasteiger partial charge is 0.417 e. The van der Waals surface area contributed by atoms with Crippen LogP contribution in [0.25, 0.3) is 0 Å². The number of carbonyl (C=O) groups excluding carboxylic acids is 1. The maximum absolute atomic E-state index is 11.6. The van der Waals surface area contributed by atoms with Gasteiger partial charge in [0.15, 0.2) is 0 Å². The zero-order chi connectivity index (χ0) is 14.5. The van der Waals surface area contributed by atoms with E-state index in [9.17, 15) is 14.9 Å². The van der Waals surface area contributed by atoms with Gasteiger partial charge >= 0.3 is 6.09 Å². The molecular weight excluding hydrogens is 286 g/mol. The molecule has 1 aromatic carbocycles. The summed E-state index contributed by atoms with van der Waals surface area (Å²) in [7, 11) is 0. The number of amides is 1. The number of anilines is 1. The highest BCUT2D eigenvalue weighted by molar-refractivity contribution is 6.29. The Morgan fingerprint density at radius 2 is 1.95 bits per heavy atom. The van der Waals surface area contributed by atoms with Gasteiger partial charge in [-0.05, 0) is 24.3 Å². The molecule has 2 rings (SSSR count). The van der Waals surface area contributed by atoms with Crippen molar-refractivity contribution in [1.82, 2.24) is 4.98 Å². The highest BCUT2D eigenvalue weighted by Gasteiger charge is 2.08. The number of non-ortho nitro benzene ring substituents is 1. The summed E-state index contributed by atoms with van der Waals surface area (Å²) in [5.41, 5.74) is 0.334. The fourth-order valence-corrected chi connectivity index (χ4v) is 1.45. The minimum atomic E-state index is -0.733. The lowest BCUT2D eigenvalue weighted by Gasteiger charge is -2.06. The zero-order valence-electron chi connectivity index (χ0n) is 9.95. The van der Waals surface area contributed by atoms with E-state index in [1.807, 2.05) is 0 Å². The molecule has 1 heterocycles. The number of rotatable bonds is 3. The van der Waals surface area contributed by atoms with Gasteiger partial charge in [-0.3, -0.25) is 15.4 Å². The number of nitrogens with zero attached hydrogens (tertiary/aromatic N) is 2. The molecule has 0 aliphatic heterocycles. The number of halogens is 1. The van der Waals surface area contributed by atoms with Crippen molar-refractivity contribution in [2.24, 2.45) is 0 Å². The van der Waals surface area contributed by atoms with Gasteiger partial charge in [-0.15, -0.1) is 0 Å². The number of hydrogen-bond donors (Lipinski definition) is 1. The summed E-state index contributed by atoms with van der Waals surface area (Å²) in [6.07, 6.45) is 0.641. The Morgan fingerprint density at radius 3 is 2.50 bits per heavy atom. The Balaban J connectivity index is 1.97. The van der Waals surface area contributed by atoms with Gasteiger partial charge in [-0.2, -0.15) is 0 Å². The number of ether oxygens (including phenoxy) is 1. The van der Waals surface area contributed by atoms with Crippen LogP contribution >= 0.6 is 11.6 Å². The summed E-state index contributed by atoms with van der Waals surface area (Å²) in [6.45, 7) is 0. The van der Waals surface area contributed by atoms with Crippen LogP contribution in [0.2, 0.25) is 5.15 Å². The summed E-state index contributed by atoms with van der Waals surface area (Å²) in [6, 6.07) is 8.23. The van der Waals surface area contributed by atoms with Crippen LogP contribution in [0, 0.1) is 10.1 Å². The average molecular weight is 294 g/mol. The molecule has 20 heavy (non-hydrogen) atoms. The normalized spacial score (nSPS) is 9.85. The van der Waals surface area contributed by atoms with Gasteiger partial charge in [-0.1, -0.05) is 11.6 Å². The van der Waals surface area contributed by atoms with Crippen LogP contribution in [0.4, 0.5) is 16.2 Å². The fourth-order valence-electron chi connectivity index (χ4n) is 1.34. The third kappa shape index (κ3) is 3.66. The number of nitro benzene ring substituents is 1. The van der Waals surface area contributed by atoms with Crippen LogP contribution in [-0.2, 0) is 0 Å². The van der Waals surface area contributed by atoms with Gasteiger partial charge in [0.25, 0.3) is 5.69 Å². The van der Waals surface area contributed by atoms with E-state index in [4.69, 9.17) is 16.3 Å². The van der Waals surface area contributed by atoms with Gasteiger partial charge in [0.1, 0.15) is 10.9 Å². The fraction of sp³-hybridized carbons (Fsp3) is 0. The van der Waals surface area contributed by atoms with E-state index < -0.39 is 11.0 Å². The quantitative estimate of drug-likeness (QED) is 0.532. The molecule has 0 saturated carbocycles. The van der Waals surface area contributed by atoms with Gasteiger partial charge in [-0.25, -0.2) is 9.78 Å². The first kappa shape index (κ1) is 13.8. The van der Waals surface area contributed by atoms with Gasteiger partial charge in [0.2, 0.25) is 0 Å². The predicted molar refractivity (Wildman–Crippen MR) is 72.0 cm³/mol. The Morgan fingerprint density at radius 1 is 1.25 bits per heavy atom. The second-order valence-corrected chi connectivity index (χ2v) is 4.02. The molecule has 0 aliphatic carbocycles. The van der Waals surface area contributed by atoms with Crippen molar-refractivity contribution in [3.05, 3.63) is 57.9 Å². The minimum Gasteiger partial charge on any atom is -0.410 e. The second kappa shape index (κ2) is 5.98. The Kier molecular flexibility index (Phi) is 4.11. The molecule has 0 spiro atoms. The van der Waals surface area contributed by atoms with E-state index in [1.54, 1.807) is 6.07 Å². The molecule has 1 amide bonds. The molecule has 0 unspecified atom stereocenters. The van der Waals surface area contributed by atoms with E-state index in [0.29, 0.717) is 10.8 Å². The molecule has 0 bridgehead atoms. The monoisotopic (exact) mass is 293 g/mol. The van der Waals surface area contributed by atoms with Crippen molar-refractivity contribution in [2.75, 3.05) is 5.32 Å². The number of benzene rings is 1. The standard InChI is InChI=1S/C12H8ClN3O4/c13-11-6-1-8(7-14-11)15-12(17)20-10-4-2-9(3-5-10)16(18)19/h1-7H,(H,15,17). The molecule has 0 saturated heterocycles. The van der Waals surface area contributed by atoms with E-state index in [-0.39, 0.29) is 11.4 Å². The molecule has 102 valence electrons. The molecule has 8 heteroatoms. The highest BCUT2D eigenvalue weighted by atomic mass is 35.5. The summed E-state index contributed by atoms with van der Waals surface area (Å²) < 4.78 is 4.95. The molecule has 0 fully saturated rings. The molecule has 0 radical (unpaired) electrons. The Bertz CT molecular complexity index is 628. The molecule has 1 aromatic heterocycles. The summed E-state index contributed by atoms with van der Waals surface area (Å²) in [5.74, 6) is 0.190. The molecule has 1 N–H and O–H groups in total. The highest BCUT2D eigenvalue weighted by Crippen LogP contribution is 2.18. The van der Waals surface area contributed by atoms with E-state index in [1.165, 1.54) is 36.5 Å². The van der Waals surface area contributed by atoms with E-state index in [0.717, 1.165) is 0 Å². The average Bonchev–Trinajstić information content (AvgIpc) is 2.42. The zero-order valence-corrected chi connectivity index (χ0v) is 10.7. The summed E-state index contributed by atoms with van der Waals surface area (Å²) >= 11 is 5.61. The van der Waals surface area contributed by atoms with Crippen LogP contribution in [0.3, 0.4) is 0 Å². The van der Waals surface area contributed by atoms with Crippen molar-refractivity contribution in [1.29, 1.82) is 0 Å². The minimum absolute atomic E-state index is 0.0836. The Hall–Kier alpha value is -2.67. The van der Waals surface area contributed by atoms with Crippen molar-refractivity contribution < 1.29 is 14.5 Å². The van der Waals surface area contributed by atoms with Crippen molar-refractivity contribution >= 4 is 29.1 Å². The molecular formula is C12H8ClN3O4. The number of pyridine rings is 1. The topological polar surface area (TPSA) is 94.4 Å². The van der Waals surface area contributed by atoms with Gasteiger partial charge < -0.3 is 4.74 Å². The number of carbonyl (C=O) groups is 1. The number of nitro groups is 1. The smallest absolute Gasteiger partial charge is 0.410 e. The van der Waals surface area contributed by atoms with E-state index in [2.05, 4.69) is 10.3 Å². The summed E-state index contributed by atoms with van der Waals surface area (Å²) in [4.78, 5) is 25.3. The lowest BCUT2D eigenvalue weighted by atomic mass is 10.3. The van der Waals surface area contributed by atoms with Gasteiger partial charge in [0, 0.05) is 12.1 Å². The lowest BCUT2D eigenvalue weighted by molar-refractivity contribution is -0.384. The second-order valence-electron chi connectivity index (χ2n) is 3.64. The van der Waals surface area contributed by atoms with Crippen LogP contribution in [0.5, 0.6) is 5.75 Å². The van der Waals surface area contributed by atoms with Crippen molar-refractivity contribution in [3.8, 4) is 5.75 Å². The number of aromatic nitrogens is 1. The number of hydrogen-bond acceptors (Lipinski definition) is 5. The number of nitrogens with one attached hydrogen (secondary N) is 1. The third-order valence-electron chi connectivity index (χ3n) is 2.23. The van der Waals surface area contributed by atoms with Gasteiger partial charge in [0.05, 0.1) is 16.8 Å². The van der Waals surface area contributed by atoms with Crippen LogP contribution < -0.4 is 10.1 Å². The maximum atomic E-state index is 11.6. The SMILES string of the molecule is O=C(Nc1ccc(Cl)nc1)Oc1ccc([N+](=O)[O-])cc1. The van der Waals surface area contributed by atoms with Crippen molar-refractivity contribution in [2.45, 2.75) is 0 Å². The first-order valence-electron chi connectivity index (χ1n) is 5.39. The molecule has 0 aliphatic rings. The molecule has 7 nitrogen and oxygen atoms in total. The predicted octanol–water partition coefficient (Wildman–Crippen LogP) is 3.25. The van der Waals surface area contributed by atoms with Crippen LogP contribution in [-0.4, -0.2) is 16.0 Å². The first-order chi connectivity index (χ1) is 9.54. The van der Waals surface area contributed by atoms with Crippen LogP contribution in [0.1, 0.15) is 0 Å². The van der Waals surface area contributed by atoms with Crippen LogP contribution in [0.15, 0.2) is 42.6 Å². The maximum Gasteiger partial charge on any atom is 0.417 e. The first-order valence-corrected chi connectivity index (χ1v) is 5.77. The van der Waals surface area contributed by atoms with Crippen molar-refractivity contribution in [3.63, 3.8) is 0 Å². The third-order valence-corrected chi connectivity index (χ3v) is 2.46. The summed E-state index contributed by atoms with van der Waals surface area (Å²) in [5, 5.41) is 13.2.